The molecule has 1 aromatic heterocycles. The molecule has 0 saturated heterocycles. The van der Waals surface area contributed by atoms with E-state index in [4.69, 9.17) is 0 Å². The van der Waals surface area contributed by atoms with Gasteiger partial charge in [-0.3, -0.25) is 4.99 Å². The Bertz CT molecular complexity index is 663. The zero-order valence-electron chi connectivity index (χ0n) is 15.6. The Labute approximate surface area is 155 Å². The second kappa shape index (κ2) is 9.51. The summed E-state index contributed by atoms with van der Waals surface area (Å²) in [6.45, 7) is 6.87. The van der Waals surface area contributed by atoms with Gasteiger partial charge in [0.2, 0.25) is 0 Å². The number of thioether (sulfide) groups is 1. The van der Waals surface area contributed by atoms with Gasteiger partial charge >= 0.3 is 0 Å². The van der Waals surface area contributed by atoms with Crippen LogP contribution < -0.4 is 10.6 Å². The standard InChI is InChI=1S/C19H29N5S/c1-19(2,25-4)15-23-18(20-3)22-14-17-21-11-13-24(17)12-10-16-8-6-5-7-9-16/h5-9,11,13H,10,12,14-15H2,1-4H3,(H2,20,22,23). The fourth-order valence-corrected chi connectivity index (χ4v) is 2.57. The maximum Gasteiger partial charge on any atom is 0.191 e. The monoisotopic (exact) mass is 359 g/mol. The largest absolute Gasteiger partial charge is 0.355 e. The first-order valence-electron chi connectivity index (χ1n) is 8.57. The maximum absolute atomic E-state index is 4.47. The quantitative estimate of drug-likeness (QED) is 0.562. The van der Waals surface area contributed by atoms with Gasteiger partial charge in [0.1, 0.15) is 5.82 Å². The van der Waals surface area contributed by atoms with E-state index in [9.17, 15) is 0 Å². The summed E-state index contributed by atoms with van der Waals surface area (Å²) in [6.07, 6.45) is 7.02. The minimum absolute atomic E-state index is 0.172. The van der Waals surface area contributed by atoms with Crippen molar-refractivity contribution < 1.29 is 0 Å². The molecule has 0 amide bonds. The van der Waals surface area contributed by atoms with Crippen LogP contribution >= 0.6 is 11.8 Å². The Balaban J connectivity index is 1.85. The molecule has 1 aromatic carbocycles. The molecule has 0 saturated carbocycles. The van der Waals surface area contributed by atoms with Gasteiger partial charge in [0.25, 0.3) is 0 Å². The van der Waals surface area contributed by atoms with Crippen LogP contribution in [-0.4, -0.2) is 40.1 Å². The van der Waals surface area contributed by atoms with Crippen LogP contribution in [0.2, 0.25) is 0 Å². The zero-order valence-corrected chi connectivity index (χ0v) is 16.4. The summed E-state index contributed by atoms with van der Waals surface area (Å²) >= 11 is 1.84. The number of aryl methyl sites for hydroxylation is 2. The van der Waals surface area contributed by atoms with Crippen LogP contribution in [0.15, 0.2) is 47.7 Å². The topological polar surface area (TPSA) is 54.2 Å². The van der Waals surface area contributed by atoms with Crippen LogP contribution in [0.1, 0.15) is 25.2 Å². The molecule has 0 fully saturated rings. The molecule has 0 atom stereocenters. The van der Waals surface area contributed by atoms with E-state index in [0.717, 1.165) is 31.3 Å². The number of imidazole rings is 1. The van der Waals surface area contributed by atoms with E-state index in [0.29, 0.717) is 6.54 Å². The second-order valence-corrected chi connectivity index (χ2v) is 8.03. The lowest BCUT2D eigenvalue weighted by Crippen LogP contribution is -2.43. The molecule has 1 heterocycles. The van der Waals surface area contributed by atoms with Crippen molar-refractivity contribution in [3.05, 3.63) is 54.1 Å². The summed E-state index contributed by atoms with van der Waals surface area (Å²) in [5.41, 5.74) is 1.34. The van der Waals surface area contributed by atoms with Gasteiger partial charge in [0.15, 0.2) is 5.96 Å². The lowest BCUT2D eigenvalue weighted by molar-refractivity contribution is 0.626. The SMILES string of the molecule is CN=C(NCc1nccn1CCc1ccccc1)NCC(C)(C)SC. The van der Waals surface area contributed by atoms with E-state index < -0.39 is 0 Å². The fourth-order valence-electron chi connectivity index (χ4n) is 2.36. The van der Waals surface area contributed by atoms with Gasteiger partial charge in [0, 0.05) is 37.3 Å². The number of hydrogen-bond donors (Lipinski definition) is 2. The van der Waals surface area contributed by atoms with Crippen molar-refractivity contribution in [1.29, 1.82) is 0 Å². The van der Waals surface area contributed by atoms with E-state index in [-0.39, 0.29) is 4.75 Å². The lowest BCUT2D eigenvalue weighted by Gasteiger charge is -2.23. The van der Waals surface area contributed by atoms with Crippen molar-refractivity contribution >= 4 is 17.7 Å². The average molecular weight is 360 g/mol. The van der Waals surface area contributed by atoms with Gasteiger partial charge in [0.05, 0.1) is 6.54 Å². The highest BCUT2D eigenvalue weighted by atomic mass is 32.2. The summed E-state index contributed by atoms with van der Waals surface area (Å²) in [5, 5.41) is 6.73. The van der Waals surface area contributed by atoms with Gasteiger partial charge in [-0.2, -0.15) is 11.8 Å². The first-order chi connectivity index (χ1) is 12.0. The number of aromatic nitrogens is 2. The predicted octanol–water partition coefficient (Wildman–Crippen LogP) is 2.93. The van der Waals surface area contributed by atoms with E-state index in [2.05, 4.69) is 69.5 Å². The number of rotatable bonds is 8. The molecule has 25 heavy (non-hydrogen) atoms. The third kappa shape index (κ3) is 6.46. The molecule has 0 aliphatic rings. The minimum Gasteiger partial charge on any atom is -0.355 e. The molecular formula is C19H29N5S. The summed E-state index contributed by atoms with van der Waals surface area (Å²) in [5.74, 6) is 1.82. The molecule has 0 spiro atoms. The van der Waals surface area contributed by atoms with Gasteiger partial charge in [-0.1, -0.05) is 30.3 Å². The van der Waals surface area contributed by atoms with Gasteiger partial charge < -0.3 is 15.2 Å². The van der Waals surface area contributed by atoms with Crippen LogP contribution in [0.4, 0.5) is 0 Å². The number of nitrogens with one attached hydrogen (secondary N) is 2. The van der Waals surface area contributed by atoms with Crippen molar-refractivity contribution in [2.75, 3.05) is 19.8 Å². The van der Waals surface area contributed by atoms with Crippen LogP contribution in [0.25, 0.3) is 0 Å². The lowest BCUT2D eigenvalue weighted by atomic mass is 10.1. The molecular weight excluding hydrogens is 330 g/mol. The Hall–Kier alpha value is -1.95. The van der Waals surface area contributed by atoms with Crippen LogP contribution in [0, 0.1) is 0 Å². The van der Waals surface area contributed by atoms with Crippen molar-refractivity contribution in [1.82, 2.24) is 20.2 Å². The first-order valence-corrected chi connectivity index (χ1v) is 9.80. The van der Waals surface area contributed by atoms with Gasteiger partial charge in [-0.15, -0.1) is 0 Å². The minimum atomic E-state index is 0.172. The Morgan fingerprint density at radius 1 is 1.24 bits per heavy atom. The van der Waals surface area contributed by atoms with Crippen LogP contribution in [0.3, 0.4) is 0 Å². The van der Waals surface area contributed by atoms with Crippen LogP contribution in [0.5, 0.6) is 0 Å². The summed E-state index contributed by atoms with van der Waals surface area (Å²) in [4.78, 5) is 8.77. The third-order valence-corrected chi connectivity index (χ3v) is 5.41. The third-order valence-electron chi connectivity index (χ3n) is 4.16. The van der Waals surface area contributed by atoms with Crippen LogP contribution in [-0.2, 0) is 19.5 Å². The number of guanidine groups is 1. The number of benzene rings is 1. The molecule has 2 N–H and O–H groups in total. The molecule has 136 valence electrons. The highest BCUT2D eigenvalue weighted by molar-refractivity contribution is 7.99. The summed E-state index contributed by atoms with van der Waals surface area (Å²) in [7, 11) is 1.79. The van der Waals surface area contributed by atoms with E-state index in [1.165, 1.54) is 5.56 Å². The molecule has 6 heteroatoms. The van der Waals surface area contributed by atoms with Crippen molar-refractivity contribution in [3.8, 4) is 0 Å². The molecule has 0 bridgehead atoms. The molecule has 0 aliphatic heterocycles. The normalized spacial score (nSPS) is 12.2. The van der Waals surface area contributed by atoms with Gasteiger partial charge in [-0.05, 0) is 32.1 Å². The molecule has 2 aromatic rings. The van der Waals surface area contributed by atoms with E-state index in [1.807, 2.05) is 30.2 Å². The first kappa shape index (κ1) is 19.4. The highest BCUT2D eigenvalue weighted by Gasteiger charge is 2.16. The molecule has 0 unspecified atom stereocenters. The van der Waals surface area contributed by atoms with Crippen molar-refractivity contribution in [3.63, 3.8) is 0 Å². The van der Waals surface area contributed by atoms with E-state index >= 15 is 0 Å². The highest BCUT2D eigenvalue weighted by Crippen LogP contribution is 2.19. The molecule has 5 nitrogen and oxygen atoms in total. The fraction of sp³-hybridized carbons (Fsp3) is 0.474. The number of hydrogen-bond acceptors (Lipinski definition) is 3. The predicted molar refractivity (Wildman–Crippen MR) is 108 cm³/mol. The maximum atomic E-state index is 4.47. The Morgan fingerprint density at radius 3 is 2.68 bits per heavy atom. The van der Waals surface area contributed by atoms with Gasteiger partial charge in [-0.25, -0.2) is 4.98 Å². The average Bonchev–Trinajstić information content (AvgIpc) is 3.08. The molecule has 0 radical (unpaired) electrons. The Morgan fingerprint density at radius 2 is 2.00 bits per heavy atom. The second-order valence-electron chi connectivity index (χ2n) is 6.52. The van der Waals surface area contributed by atoms with Crippen molar-refractivity contribution in [2.45, 2.75) is 38.1 Å². The summed E-state index contributed by atoms with van der Waals surface area (Å²) in [6, 6.07) is 10.5. The summed E-state index contributed by atoms with van der Waals surface area (Å²) < 4.78 is 2.37. The number of aliphatic imine (C=N–C) groups is 1. The Kier molecular flexibility index (Phi) is 7.37. The smallest absolute Gasteiger partial charge is 0.191 e. The van der Waals surface area contributed by atoms with E-state index in [1.54, 1.807) is 7.05 Å². The zero-order chi connectivity index (χ0) is 18.1. The number of nitrogens with zero attached hydrogens (tertiary/aromatic N) is 3. The molecule has 2 rings (SSSR count). The van der Waals surface area contributed by atoms with Crippen molar-refractivity contribution in [2.24, 2.45) is 4.99 Å². The molecule has 0 aliphatic carbocycles.